The van der Waals surface area contributed by atoms with Gasteiger partial charge in [0.2, 0.25) is 0 Å². The van der Waals surface area contributed by atoms with Gasteiger partial charge in [-0.05, 0) is 6.08 Å². The largest absolute Gasteiger partial charge is 0.250 e. The van der Waals surface area contributed by atoms with Crippen molar-refractivity contribution in [1.82, 2.24) is 0 Å². The van der Waals surface area contributed by atoms with E-state index in [1.807, 2.05) is 6.07 Å². The molecule has 1 atom stereocenters. The third-order valence-electron chi connectivity index (χ3n) is 0.754. The van der Waals surface area contributed by atoms with Crippen molar-refractivity contribution in [2.45, 2.75) is 0 Å². The average Bonchev–Trinajstić information content (AvgIpc) is 2.14. The van der Waals surface area contributed by atoms with Crippen LogP contribution >= 0.6 is 0 Å². The predicted molar refractivity (Wildman–Crippen MR) is 31.0 cm³/mol. The highest BCUT2D eigenvalue weighted by Crippen LogP contribution is 2.06. The molecule has 1 heterocycles. The Balaban J connectivity index is 2.92. The van der Waals surface area contributed by atoms with Crippen molar-refractivity contribution in [3.8, 4) is 6.07 Å². The lowest BCUT2D eigenvalue weighted by atomic mass is 10.3. The molecule has 0 saturated carbocycles. The molecule has 0 saturated heterocycles. The Bertz CT molecular complexity index is 221. The molecule has 0 amide bonds. The summed E-state index contributed by atoms with van der Waals surface area (Å²) >= 11 is 0. The standard InChI is InChI=1S/C5H3NOS/c6-3-5-1-2-8(7)4-5/h1-2,4H. The van der Waals surface area contributed by atoms with Crippen LogP contribution in [0.15, 0.2) is 22.5 Å². The molecule has 0 spiro atoms. The quantitative estimate of drug-likeness (QED) is 0.477. The first-order chi connectivity index (χ1) is 3.83. The van der Waals surface area contributed by atoms with Gasteiger partial charge in [-0.1, -0.05) is 0 Å². The first-order valence-electron chi connectivity index (χ1n) is 2.02. The summed E-state index contributed by atoms with van der Waals surface area (Å²) in [5.74, 6) is 0. The van der Waals surface area contributed by atoms with Crippen LogP contribution in [0.1, 0.15) is 0 Å². The van der Waals surface area contributed by atoms with Crippen LogP contribution in [0.25, 0.3) is 0 Å². The molecule has 0 aromatic heterocycles. The second-order valence-electron chi connectivity index (χ2n) is 1.32. The van der Waals surface area contributed by atoms with E-state index < -0.39 is 10.8 Å². The SMILES string of the molecule is N#CC1=CS(=O)C=C1. The zero-order valence-electron chi connectivity index (χ0n) is 4.00. The maximum absolute atomic E-state index is 10.4. The summed E-state index contributed by atoms with van der Waals surface area (Å²) in [6, 6.07) is 1.88. The highest BCUT2D eigenvalue weighted by molar-refractivity contribution is 7.91. The molecule has 40 valence electrons. The van der Waals surface area contributed by atoms with E-state index >= 15 is 0 Å². The molecule has 1 aliphatic rings. The molecule has 3 heteroatoms. The van der Waals surface area contributed by atoms with Crippen LogP contribution in [-0.4, -0.2) is 4.21 Å². The van der Waals surface area contributed by atoms with E-state index in [2.05, 4.69) is 0 Å². The zero-order chi connectivity index (χ0) is 5.98. The van der Waals surface area contributed by atoms with Gasteiger partial charge in [0.05, 0.1) is 22.4 Å². The van der Waals surface area contributed by atoms with Crippen molar-refractivity contribution >= 4 is 10.8 Å². The Hall–Kier alpha value is -0.880. The van der Waals surface area contributed by atoms with E-state index in [4.69, 9.17) is 5.26 Å². The fourth-order valence-electron chi connectivity index (χ4n) is 0.408. The molecule has 0 aromatic rings. The molecular weight excluding hydrogens is 122 g/mol. The zero-order valence-corrected chi connectivity index (χ0v) is 4.81. The van der Waals surface area contributed by atoms with Crippen molar-refractivity contribution in [1.29, 1.82) is 5.26 Å². The summed E-state index contributed by atoms with van der Waals surface area (Å²) in [5.41, 5.74) is 0.489. The summed E-state index contributed by atoms with van der Waals surface area (Å²) in [7, 11) is -1.02. The third kappa shape index (κ3) is 0.849. The minimum Gasteiger partial charge on any atom is -0.250 e. The molecule has 1 unspecified atom stereocenters. The van der Waals surface area contributed by atoms with Crippen molar-refractivity contribution in [3.05, 3.63) is 22.5 Å². The van der Waals surface area contributed by atoms with Crippen LogP contribution in [-0.2, 0) is 10.8 Å². The maximum atomic E-state index is 10.4. The molecule has 0 N–H and O–H groups in total. The van der Waals surface area contributed by atoms with E-state index in [1.54, 1.807) is 6.08 Å². The van der Waals surface area contributed by atoms with Crippen LogP contribution in [0.4, 0.5) is 0 Å². The number of allylic oxidation sites excluding steroid dienone is 2. The summed E-state index contributed by atoms with van der Waals surface area (Å²) < 4.78 is 10.4. The van der Waals surface area contributed by atoms with Gasteiger partial charge >= 0.3 is 0 Å². The van der Waals surface area contributed by atoms with Gasteiger partial charge in [0.15, 0.2) is 0 Å². The highest BCUT2D eigenvalue weighted by Gasteiger charge is 1.99. The lowest BCUT2D eigenvalue weighted by Gasteiger charge is -1.69. The molecule has 1 rings (SSSR count). The van der Waals surface area contributed by atoms with Gasteiger partial charge in [0.25, 0.3) is 0 Å². The first kappa shape index (κ1) is 5.26. The smallest absolute Gasteiger partial charge is 0.0998 e. The van der Waals surface area contributed by atoms with E-state index in [0.717, 1.165) is 0 Å². The van der Waals surface area contributed by atoms with Crippen LogP contribution in [0, 0.1) is 11.3 Å². The topological polar surface area (TPSA) is 40.9 Å². The number of nitrogens with zero attached hydrogens (tertiary/aromatic N) is 1. The Morgan fingerprint density at radius 3 is 2.75 bits per heavy atom. The Morgan fingerprint density at radius 2 is 2.50 bits per heavy atom. The van der Waals surface area contributed by atoms with Crippen molar-refractivity contribution < 1.29 is 4.21 Å². The highest BCUT2D eigenvalue weighted by atomic mass is 32.2. The molecule has 0 aromatic carbocycles. The number of hydrogen-bond acceptors (Lipinski definition) is 2. The van der Waals surface area contributed by atoms with E-state index in [-0.39, 0.29) is 0 Å². The fourth-order valence-corrected chi connectivity index (χ4v) is 1.15. The number of hydrogen-bond donors (Lipinski definition) is 0. The third-order valence-corrected chi connectivity index (χ3v) is 1.64. The van der Waals surface area contributed by atoms with E-state index in [9.17, 15) is 4.21 Å². The molecular formula is C5H3NOS. The number of rotatable bonds is 0. The maximum Gasteiger partial charge on any atom is 0.0998 e. The van der Waals surface area contributed by atoms with Crippen LogP contribution < -0.4 is 0 Å². The van der Waals surface area contributed by atoms with Gasteiger partial charge in [-0.25, -0.2) is 0 Å². The summed E-state index contributed by atoms with van der Waals surface area (Å²) in [6.07, 6.45) is 1.55. The normalized spacial score (nSPS) is 24.9. The summed E-state index contributed by atoms with van der Waals surface area (Å²) in [4.78, 5) is 0. The molecule has 0 fully saturated rings. The Kier molecular flexibility index (Phi) is 1.27. The van der Waals surface area contributed by atoms with Crippen LogP contribution in [0.5, 0.6) is 0 Å². The molecule has 0 aliphatic carbocycles. The molecule has 0 radical (unpaired) electrons. The van der Waals surface area contributed by atoms with Crippen LogP contribution in [0.3, 0.4) is 0 Å². The minimum atomic E-state index is -1.02. The summed E-state index contributed by atoms with van der Waals surface area (Å²) in [6.45, 7) is 0. The van der Waals surface area contributed by atoms with Gasteiger partial charge < -0.3 is 0 Å². The second kappa shape index (κ2) is 1.93. The van der Waals surface area contributed by atoms with Gasteiger partial charge in [0.1, 0.15) is 0 Å². The van der Waals surface area contributed by atoms with Gasteiger partial charge in [-0.2, -0.15) is 5.26 Å². The average molecular weight is 125 g/mol. The Morgan fingerprint density at radius 1 is 1.75 bits per heavy atom. The van der Waals surface area contributed by atoms with Crippen molar-refractivity contribution in [2.75, 3.05) is 0 Å². The predicted octanol–water partition coefficient (Wildman–Crippen LogP) is 0.670. The Labute approximate surface area is 49.6 Å². The van der Waals surface area contributed by atoms with Gasteiger partial charge in [-0.15, -0.1) is 0 Å². The van der Waals surface area contributed by atoms with E-state index in [1.165, 1.54) is 10.8 Å². The molecule has 2 nitrogen and oxygen atoms in total. The fraction of sp³-hybridized carbons (Fsp3) is 0. The van der Waals surface area contributed by atoms with Gasteiger partial charge in [0, 0.05) is 10.8 Å². The van der Waals surface area contributed by atoms with Crippen molar-refractivity contribution in [2.24, 2.45) is 0 Å². The molecule has 0 bridgehead atoms. The lowest BCUT2D eigenvalue weighted by Crippen LogP contribution is -1.66. The van der Waals surface area contributed by atoms with Gasteiger partial charge in [-0.3, -0.25) is 4.21 Å². The first-order valence-corrected chi connectivity index (χ1v) is 3.30. The lowest BCUT2D eigenvalue weighted by molar-refractivity contribution is 0.693. The van der Waals surface area contributed by atoms with Crippen LogP contribution in [0.2, 0.25) is 0 Å². The monoisotopic (exact) mass is 125 g/mol. The minimum absolute atomic E-state index is 0.489. The van der Waals surface area contributed by atoms with E-state index in [0.29, 0.717) is 5.57 Å². The second-order valence-corrected chi connectivity index (χ2v) is 2.48. The molecule has 1 aliphatic heterocycles. The summed E-state index contributed by atoms with van der Waals surface area (Å²) in [5, 5.41) is 11.1. The molecule has 8 heavy (non-hydrogen) atoms. The van der Waals surface area contributed by atoms with Crippen molar-refractivity contribution in [3.63, 3.8) is 0 Å². The number of nitriles is 1.